The van der Waals surface area contributed by atoms with E-state index in [9.17, 15) is 19.2 Å². The van der Waals surface area contributed by atoms with Gasteiger partial charge in [0, 0.05) is 35.5 Å². The summed E-state index contributed by atoms with van der Waals surface area (Å²) in [6.45, 7) is 2.43. The minimum Gasteiger partial charge on any atom is -0.384 e. The number of anilines is 2. The van der Waals surface area contributed by atoms with E-state index in [0.29, 0.717) is 54.0 Å². The molecule has 0 saturated carbocycles. The highest BCUT2D eigenvalue weighted by molar-refractivity contribution is 6.20. The molecule has 0 saturated heterocycles. The first kappa shape index (κ1) is 21.0. The molecule has 0 fully saturated rings. The van der Waals surface area contributed by atoms with Crippen LogP contribution in [0.5, 0.6) is 0 Å². The van der Waals surface area contributed by atoms with Crippen molar-refractivity contribution in [2.75, 3.05) is 16.3 Å². The number of carbonyl (C=O) groups excluding carboxylic acids is 2. The summed E-state index contributed by atoms with van der Waals surface area (Å²) in [5.41, 5.74) is 7.60. The molecule has 166 valence electrons. The first-order valence-corrected chi connectivity index (χ1v) is 11.1. The van der Waals surface area contributed by atoms with Crippen LogP contribution in [0.1, 0.15) is 38.2 Å². The van der Waals surface area contributed by atoms with Crippen molar-refractivity contribution in [3.63, 3.8) is 0 Å². The molecule has 0 radical (unpaired) electrons. The van der Waals surface area contributed by atoms with Gasteiger partial charge in [0.25, 0.3) is 0 Å². The number of halogens is 1. The fourth-order valence-electron chi connectivity index (χ4n) is 5.48. The normalized spacial score (nSPS) is 22.1. The van der Waals surface area contributed by atoms with Gasteiger partial charge in [0.1, 0.15) is 23.1 Å². The number of rotatable bonds is 3. The zero-order valence-electron chi connectivity index (χ0n) is 18.3. The summed E-state index contributed by atoms with van der Waals surface area (Å²) in [7, 11) is 0. The Kier molecular flexibility index (Phi) is 4.82. The van der Waals surface area contributed by atoms with Crippen LogP contribution in [0.2, 0.25) is 0 Å². The van der Waals surface area contributed by atoms with E-state index in [4.69, 9.17) is 5.73 Å². The third kappa shape index (κ3) is 2.70. The predicted molar refractivity (Wildman–Crippen MR) is 122 cm³/mol. The smallest absolute Gasteiger partial charge is 0.247 e. The third-order valence-electron chi connectivity index (χ3n) is 6.69. The second-order valence-corrected chi connectivity index (χ2v) is 8.51. The molecule has 1 atom stereocenters. The maximum atomic E-state index is 14.2. The largest absolute Gasteiger partial charge is 0.384 e. The van der Waals surface area contributed by atoms with Crippen LogP contribution in [-0.2, 0) is 15.0 Å². The van der Waals surface area contributed by atoms with Gasteiger partial charge in [-0.05, 0) is 43.5 Å². The summed E-state index contributed by atoms with van der Waals surface area (Å²) in [5, 5.41) is 10.3. The van der Waals surface area contributed by atoms with Crippen molar-refractivity contribution in [1.82, 2.24) is 0 Å². The molecular formula is C26H23FN4O2. The maximum Gasteiger partial charge on any atom is 0.247 e. The number of para-hydroxylation sites is 1. The van der Waals surface area contributed by atoms with Gasteiger partial charge in [0.2, 0.25) is 5.91 Å². The lowest BCUT2D eigenvalue weighted by atomic mass is 9.64. The molecule has 2 aliphatic heterocycles. The Morgan fingerprint density at radius 3 is 2.67 bits per heavy atom. The topological polar surface area (TPSA) is 90.4 Å². The minimum absolute atomic E-state index is 0.0109. The van der Waals surface area contributed by atoms with Gasteiger partial charge in [0.05, 0.1) is 11.3 Å². The quantitative estimate of drug-likeness (QED) is 0.775. The fourth-order valence-corrected chi connectivity index (χ4v) is 5.48. The molecule has 3 aliphatic rings. The van der Waals surface area contributed by atoms with Crippen LogP contribution in [0.4, 0.5) is 15.8 Å². The first-order valence-electron chi connectivity index (χ1n) is 11.1. The van der Waals surface area contributed by atoms with Gasteiger partial charge in [-0.3, -0.25) is 14.5 Å². The van der Waals surface area contributed by atoms with Gasteiger partial charge in [-0.25, -0.2) is 4.39 Å². The second kappa shape index (κ2) is 7.59. The van der Waals surface area contributed by atoms with Crippen LogP contribution < -0.4 is 15.5 Å². The number of allylic oxidation sites excluding steroid dienone is 1. The fraction of sp³-hybridized carbons (Fsp3) is 0.269. The number of ketones is 1. The molecule has 0 aromatic heterocycles. The Labute approximate surface area is 191 Å². The number of nitrogens with two attached hydrogens (primary N) is 1. The molecule has 2 heterocycles. The van der Waals surface area contributed by atoms with E-state index in [0.717, 1.165) is 0 Å². The number of nitrogens with zero attached hydrogens (tertiary/aromatic N) is 3. The molecule has 2 aromatic rings. The van der Waals surface area contributed by atoms with E-state index in [2.05, 4.69) is 6.07 Å². The zero-order valence-corrected chi connectivity index (χ0v) is 18.3. The van der Waals surface area contributed by atoms with E-state index in [1.807, 2.05) is 19.1 Å². The highest BCUT2D eigenvalue weighted by Gasteiger charge is 2.62. The SMILES string of the molecule is CCCN1C(=O)C2(C(C#N)=C(N)N(c3cccc(F)c3)C3=C2C(=O)CCC3)c2ccccc21. The maximum absolute atomic E-state index is 14.2. The van der Waals surface area contributed by atoms with Crippen LogP contribution in [0.25, 0.3) is 0 Å². The summed E-state index contributed by atoms with van der Waals surface area (Å²) in [6, 6.07) is 15.3. The molecule has 1 unspecified atom stereocenters. The number of amides is 1. The Hall–Kier alpha value is -3.92. The van der Waals surface area contributed by atoms with Gasteiger partial charge >= 0.3 is 0 Å². The summed E-state index contributed by atoms with van der Waals surface area (Å²) < 4.78 is 14.1. The Balaban J connectivity index is 1.88. The number of carbonyl (C=O) groups is 2. The highest BCUT2D eigenvalue weighted by atomic mass is 19.1. The second-order valence-electron chi connectivity index (χ2n) is 8.51. The highest BCUT2D eigenvalue weighted by Crippen LogP contribution is 2.56. The lowest BCUT2D eigenvalue weighted by Crippen LogP contribution is -2.52. The summed E-state index contributed by atoms with van der Waals surface area (Å²) in [4.78, 5) is 30.9. The van der Waals surface area contributed by atoms with E-state index < -0.39 is 11.2 Å². The predicted octanol–water partition coefficient (Wildman–Crippen LogP) is 4.04. The molecule has 6 nitrogen and oxygen atoms in total. The number of fused-ring (bicyclic) bond motifs is 3. The van der Waals surface area contributed by atoms with Crippen molar-refractivity contribution in [3.8, 4) is 6.07 Å². The third-order valence-corrected chi connectivity index (χ3v) is 6.69. The van der Waals surface area contributed by atoms with Crippen molar-refractivity contribution in [2.45, 2.75) is 38.0 Å². The van der Waals surface area contributed by atoms with Gasteiger partial charge in [-0.2, -0.15) is 5.26 Å². The van der Waals surface area contributed by atoms with Crippen LogP contribution in [-0.4, -0.2) is 18.2 Å². The summed E-state index contributed by atoms with van der Waals surface area (Å²) >= 11 is 0. The average Bonchev–Trinajstić information content (AvgIpc) is 3.04. The lowest BCUT2D eigenvalue weighted by Gasteiger charge is -2.43. The Bertz CT molecular complexity index is 1310. The summed E-state index contributed by atoms with van der Waals surface area (Å²) in [5.74, 6) is -0.913. The molecule has 1 spiro atoms. The van der Waals surface area contributed by atoms with Crippen molar-refractivity contribution in [2.24, 2.45) is 5.73 Å². The van der Waals surface area contributed by atoms with Crippen LogP contribution in [0.3, 0.4) is 0 Å². The van der Waals surface area contributed by atoms with E-state index in [1.165, 1.54) is 12.1 Å². The van der Waals surface area contributed by atoms with E-state index in [1.54, 1.807) is 34.1 Å². The summed E-state index contributed by atoms with van der Waals surface area (Å²) in [6.07, 6.45) is 2.07. The number of hydrogen-bond donors (Lipinski definition) is 1. The molecular weight excluding hydrogens is 419 g/mol. The molecule has 0 bridgehead atoms. The van der Waals surface area contributed by atoms with E-state index in [-0.39, 0.29) is 29.5 Å². The van der Waals surface area contributed by atoms with Crippen molar-refractivity contribution < 1.29 is 14.0 Å². The number of hydrogen-bond acceptors (Lipinski definition) is 5. The monoisotopic (exact) mass is 442 g/mol. The standard InChI is InChI=1S/C26H23FN4O2/c1-2-13-30-20-10-4-3-9-18(20)26(25(30)33)19(15-28)24(29)31(17-8-5-7-16(27)14-17)21-11-6-12-22(32)23(21)26/h3-5,7-10,14H,2,6,11-13,29H2,1H3. The molecule has 33 heavy (non-hydrogen) atoms. The van der Waals surface area contributed by atoms with Crippen molar-refractivity contribution >= 4 is 23.1 Å². The minimum atomic E-state index is -1.58. The molecule has 5 rings (SSSR count). The molecule has 2 aromatic carbocycles. The van der Waals surface area contributed by atoms with Crippen molar-refractivity contribution in [3.05, 3.63) is 82.6 Å². The Morgan fingerprint density at radius 1 is 1.15 bits per heavy atom. The average molecular weight is 442 g/mol. The number of nitriles is 1. The number of benzene rings is 2. The van der Waals surface area contributed by atoms with Gasteiger partial charge in [0.15, 0.2) is 5.78 Å². The van der Waals surface area contributed by atoms with Crippen LogP contribution in [0.15, 0.2) is 71.2 Å². The van der Waals surface area contributed by atoms with Gasteiger partial charge < -0.3 is 10.6 Å². The van der Waals surface area contributed by atoms with Crippen LogP contribution >= 0.6 is 0 Å². The van der Waals surface area contributed by atoms with Crippen LogP contribution in [0, 0.1) is 17.1 Å². The molecule has 7 heteroatoms. The lowest BCUT2D eigenvalue weighted by molar-refractivity contribution is -0.124. The molecule has 1 aliphatic carbocycles. The van der Waals surface area contributed by atoms with Gasteiger partial charge in [-0.15, -0.1) is 0 Å². The Morgan fingerprint density at radius 2 is 1.94 bits per heavy atom. The molecule has 1 amide bonds. The first-order chi connectivity index (χ1) is 16.0. The number of Topliss-reactive ketones (excluding diaryl/α,β-unsaturated/α-hetero) is 1. The van der Waals surface area contributed by atoms with E-state index >= 15 is 0 Å². The zero-order chi connectivity index (χ0) is 23.3. The molecule has 2 N–H and O–H groups in total. The van der Waals surface area contributed by atoms with Crippen molar-refractivity contribution in [1.29, 1.82) is 5.26 Å². The van der Waals surface area contributed by atoms with Gasteiger partial charge in [-0.1, -0.05) is 31.2 Å².